The maximum atomic E-state index is 11.9. The number of nitrogens with zero attached hydrogens (tertiary/aromatic N) is 1. The van der Waals surface area contributed by atoms with Gasteiger partial charge in [0.1, 0.15) is 0 Å². The number of carbonyl (C=O) groups is 1. The van der Waals surface area contributed by atoms with Gasteiger partial charge in [0, 0.05) is 10.1 Å². The van der Waals surface area contributed by atoms with E-state index in [4.69, 9.17) is 0 Å². The summed E-state index contributed by atoms with van der Waals surface area (Å²) in [6, 6.07) is 4.14. The summed E-state index contributed by atoms with van der Waals surface area (Å²) in [5.41, 5.74) is 2.51. The molecule has 6 heteroatoms. The minimum absolute atomic E-state index is 0.0148. The van der Waals surface area contributed by atoms with E-state index in [0.717, 1.165) is 17.1 Å². The van der Waals surface area contributed by atoms with Crippen LogP contribution in [-0.4, -0.2) is 21.9 Å². The Morgan fingerprint density at radius 2 is 2.37 bits per heavy atom. The molecule has 0 unspecified atom stereocenters. The lowest BCUT2D eigenvalue weighted by atomic mass is 10.3. The molecule has 0 aliphatic heterocycles. The summed E-state index contributed by atoms with van der Waals surface area (Å²) < 4.78 is 0. The number of anilines is 1. The average Bonchev–Trinajstić information content (AvgIpc) is 3.01. The monoisotopic (exact) mass is 295 g/mol. The first-order chi connectivity index (χ1) is 9.08. The second-order valence-corrected chi connectivity index (χ2v) is 6.63. The molecule has 1 atom stereocenters. The fraction of sp³-hybridized carbons (Fsp3) is 0.385. The van der Waals surface area contributed by atoms with Gasteiger partial charge in [-0.15, -0.1) is 23.1 Å². The van der Waals surface area contributed by atoms with Gasteiger partial charge in [0.25, 0.3) is 0 Å². The summed E-state index contributed by atoms with van der Waals surface area (Å²) in [6.07, 6.45) is 0. The van der Waals surface area contributed by atoms with Crippen LogP contribution in [0.15, 0.2) is 17.5 Å². The number of amides is 1. The van der Waals surface area contributed by atoms with Gasteiger partial charge in [-0.25, -0.2) is 0 Å². The van der Waals surface area contributed by atoms with Gasteiger partial charge in [-0.05, 0) is 32.2 Å². The van der Waals surface area contributed by atoms with Crippen molar-refractivity contribution in [1.29, 1.82) is 0 Å². The smallest absolute Gasteiger partial charge is 0.234 e. The Kier molecular flexibility index (Phi) is 4.66. The van der Waals surface area contributed by atoms with Gasteiger partial charge >= 0.3 is 0 Å². The van der Waals surface area contributed by atoms with E-state index in [1.54, 1.807) is 23.1 Å². The molecule has 0 bridgehead atoms. The number of nitrogens with one attached hydrogen (secondary N) is 2. The van der Waals surface area contributed by atoms with Gasteiger partial charge in [0.15, 0.2) is 0 Å². The molecule has 0 fully saturated rings. The first kappa shape index (κ1) is 14.1. The number of aromatic amines is 1. The number of hydrogen-bond donors (Lipinski definition) is 2. The largest absolute Gasteiger partial charge is 0.322 e. The molecule has 0 saturated carbocycles. The number of thioether (sulfide) groups is 1. The molecule has 0 spiro atoms. The Morgan fingerprint density at radius 1 is 1.58 bits per heavy atom. The first-order valence-electron chi connectivity index (χ1n) is 6.04. The lowest BCUT2D eigenvalue weighted by Gasteiger charge is -2.09. The highest BCUT2D eigenvalue weighted by atomic mass is 32.2. The van der Waals surface area contributed by atoms with E-state index in [0.29, 0.717) is 11.0 Å². The summed E-state index contributed by atoms with van der Waals surface area (Å²) in [7, 11) is 0. The molecule has 0 radical (unpaired) electrons. The second kappa shape index (κ2) is 6.25. The van der Waals surface area contributed by atoms with Crippen molar-refractivity contribution in [2.24, 2.45) is 0 Å². The molecule has 19 heavy (non-hydrogen) atoms. The minimum Gasteiger partial charge on any atom is -0.322 e. The molecule has 2 aromatic heterocycles. The summed E-state index contributed by atoms with van der Waals surface area (Å²) in [6.45, 7) is 5.90. The topological polar surface area (TPSA) is 57.8 Å². The highest BCUT2D eigenvalue weighted by Crippen LogP contribution is 2.31. The number of aromatic nitrogens is 2. The van der Waals surface area contributed by atoms with Gasteiger partial charge in [-0.1, -0.05) is 6.07 Å². The van der Waals surface area contributed by atoms with Crippen molar-refractivity contribution in [1.82, 2.24) is 10.2 Å². The van der Waals surface area contributed by atoms with Crippen molar-refractivity contribution in [2.75, 3.05) is 11.1 Å². The van der Waals surface area contributed by atoms with E-state index in [1.807, 2.05) is 19.9 Å². The number of H-pyrrole nitrogens is 1. The Hall–Kier alpha value is -1.27. The van der Waals surface area contributed by atoms with E-state index in [9.17, 15) is 4.79 Å². The van der Waals surface area contributed by atoms with Crippen molar-refractivity contribution >= 4 is 34.7 Å². The fourth-order valence-corrected chi connectivity index (χ4v) is 3.47. The Balaban J connectivity index is 1.85. The van der Waals surface area contributed by atoms with E-state index >= 15 is 0 Å². The molecule has 4 nitrogen and oxygen atoms in total. The van der Waals surface area contributed by atoms with E-state index in [2.05, 4.69) is 33.9 Å². The number of hydrogen-bond acceptors (Lipinski definition) is 4. The lowest BCUT2D eigenvalue weighted by molar-refractivity contribution is -0.113. The van der Waals surface area contributed by atoms with Crippen molar-refractivity contribution in [2.45, 2.75) is 26.0 Å². The van der Waals surface area contributed by atoms with Crippen LogP contribution in [0.5, 0.6) is 0 Å². The molecule has 1 amide bonds. The predicted octanol–water partition coefficient (Wildman–Crippen LogP) is 3.52. The van der Waals surface area contributed by atoms with Gasteiger partial charge in [-0.2, -0.15) is 5.10 Å². The maximum absolute atomic E-state index is 11.9. The van der Waals surface area contributed by atoms with Crippen LogP contribution in [0.1, 0.15) is 28.4 Å². The zero-order chi connectivity index (χ0) is 13.8. The van der Waals surface area contributed by atoms with Crippen LogP contribution in [0.25, 0.3) is 0 Å². The standard InChI is InChI=1S/C13H17N3OS2/c1-8-13(9(2)16-15-8)14-12(17)7-19-10(3)11-5-4-6-18-11/h4-6,10H,7H2,1-3H3,(H,14,17)(H,15,16)/t10-/m1/s1. The van der Waals surface area contributed by atoms with Crippen molar-refractivity contribution in [3.8, 4) is 0 Å². The van der Waals surface area contributed by atoms with Gasteiger partial charge in [0.05, 0.1) is 22.8 Å². The molecule has 2 heterocycles. The fourth-order valence-electron chi connectivity index (χ4n) is 1.72. The molecule has 0 saturated heterocycles. The molecular weight excluding hydrogens is 278 g/mol. The van der Waals surface area contributed by atoms with E-state index < -0.39 is 0 Å². The third-order valence-electron chi connectivity index (χ3n) is 2.80. The number of thiophene rings is 1. The third-order valence-corrected chi connectivity index (χ3v) is 5.19. The van der Waals surface area contributed by atoms with Crippen LogP contribution < -0.4 is 5.32 Å². The first-order valence-corrected chi connectivity index (χ1v) is 7.97. The van der Waals surface area contributed by atoms with Crippen LogP contribution in [0.4, 0.5) is 5.69 Å². The molecule has 0 aromatic carbocycles. The number of rotatable bonds is 5. The summed E-state index contributed by atoms with van der Waals surface area (Å²) in [5.74, 6) is 0.462. The van der Waals surface area contributed by atoms with E-state index in [-0.39, 0.29) is 5.91 Å². The van der Waals surface area contributed by atoms with Crippen LogP contribution in [0.3, 0.4) is 0 Å². The maximum Gasteiger partial charge on any atom is 0.234 e. The summed E-state index contributed by atoms with van der Waals surface area (Å²) in [5, 5.41) is 12.2. The average molecular weight is 295 g/mol. The normalized spacial score (nSPS) is 12.4. The minimum atomic E-state index is 0.0148. The number of aryl methyl sites for hydroxylation is 2. The van der Waals surface area contributed by atoms with Gasteiger partial charge in [-0.3, -0.25) is 9.89 Å². The Bertz CT molecular complexity index is 529. The van der Waals surface area contributed by atoms with Crippen LogP contribution in [0.2, 0.25) is 0 Å². The Morgan fingerprint density at radius 3 is 2.95 bits per heavy atom. The summed E-state index contributed by atoms with van der Waals surface area (Å²) >= 11 is 3.37. The molecule has 0 aliphatic carbocycles. The van der Waals surface area contributed by atoms with E-state index in [1.165, 1.54) is 4.88 Å². The highest BCUT2D eigenvalue weighted by molar-refractivity contribution is 8.00. The molecular formula is C13H17N3OS2. The van der Waals surface area contributed by atoms with Gasteiger partial charge in [0.2, 0.25) is 5.91 Å². The SMILES string of the molecule is Cc1n[nH]c(C)c1NC(=O)CS[C@H](C)c1cccs1. The number of carbonyl (C=O) groups excluding carboxylic acids is 1. The molecule has 2 N–H and O–H groups in total. The molecule has 102 valence electrons. The van der Waals surface area contributed by atoms with Crippen molar-refractivity contribution < 1.29 is 4.79 Å². The molecule has 2 aromatic rings. The third kappa shape index (κ3) is 3.61. The van der Waals surface area contributed by atoms with Crippen LogP contribution in [0, 0.1) is 13.8 Å². The quantitative estimate of drug-likeness (QED) is 0.887. The molecule has 0 aliphatic rings. The van der Waals surface area contributed by atoms with Gasteiger partial charge < -0.3 is 5.32 Å². The highest BCUT2D eigenvalue weighted by Gasteiger charge is 2.13. The van der Waals surface area contributed by atoms with Crippen LogP contribution >= 0.6 is 23.1 Å². The zero-order valence-corrected chi connectivity index (χ0v) is 12.8. The Labute approximate surface area is 121 Å². The lowest BCUT2D eigenvalue weighted by Crippen LogP contribution is -2.15. The zero-order valence-electron chi connectivity index (χ0n) is 11.2. The molecule has 2 rings (SSSR count). The predicted molar refractivity (Wildman–Crippen MR) is 81.9 cm³/mol. The van der Waals surface area contributed by atoms with Crippen LogP contribution in [-0.2, 0) is 4.79 Å². The summed E-state index contributed by atoms with van der Waals surface area (Å²) in [4.78, 5) is 13.2. The van der Waals surface area contributed by atoms with Crippen molar-refractivity contribution in [3.63, 3.8) is 0 Å². The second-order valence-electron chi connectivity index (χ2n) is 4.33. The van der Waals surface area contributed by atoms with Crippen molar-refractivity contribution in [3.05, 3.63) is 33.8 Å².